The fraction of sp³-hybridized carbons (Fsp3) is 0.308. The highest BCUT2D eigenvalue weighted by atomic mass is 16.5. The van der Waals surface area contributed by atoms with Gasteiger partial charge in [0.25, 0.3) is 5.91 Å². The van der Waals surface area contributed by atoms with Crippen molar-refractivity contribution in [2.24, 2.45) is 0 Å². The third-order valence-electron chi connectivity index (χ3n) is 6.12. The Morgan fingerprint density at radius 3 is 2.59 bits per heavy atom. The van der Waals surface area contributed by atoms with Gasteiger partial charge in [-0.15, -0.1) is 0 Å². The fourth-order valence-corrected chi connectivity index (χ4v) is 4.39. The molecule has 3 heterocycles. The first-order valence-electron chi connectivity index (χ1n) is 11.6. The topological polar surface area (TPSA) is 85.2 Å². The van der Waals surface area contributed by atoms with E-state index in [1.165, 1.54) is 12.8 Å². The molecule has 1 N–H and O–H groups in total. The number of pyridine rings is 1. The molecule has 8 heteroatoms. The Hall–Kier alpha value is -3.94. The van der Waals surface area contributed by atoms with Gasteiger partial charge in [-0.3, -0.25) is 4.79 Å². The number of hydrogen-bond donors (Lipinski definition) is 1. The lowest BCUT2D eigenvalue weighted by Crippen LogP contribution is -2.25. The summed E-state index contributed by atoms with van der Waals surface area (Å²) in [5, 5.41) is 4.04. The Morgan fingerprint density at radius 2 is 1.88 bits per heavy atom. The van der Waals surface area contributed by atoms with E-state index in [-0.39, 0.29) is 11.9 Å². The molecule has 1 fully saturated rings. The van der Waals surface area contributed by atoms with Crippen LogP contribution in [0.4, 0.5) is 11.8 Å². The number of ether oxygens (including phenoxy) is 1. The highest BCUT2D eigenvalue weighted by Gasteiger charge is 2.26. The molecular formula is C26H28N6O2. The number of anilines is 2. The summed E-state index contributed by atoms with van der Waals surface area (Å²) in [4.78, 5) is 28.1. The van der Waals surface area contributed by atoms with Crippen molar-refractivity contribution in [3.05, 3.63) is 72.2 Å². The van der Waals surface area contributed by atoms with Crippen molar-refractivity contribution < 1.29 is 9.53 Å². The van der Waals surface area contributed by atoms with E-state index < -0.39 is 0 Å². The Balaban J connectivity index is 1.36. The molecule has 0 bridgehead atoms. The molecule has 1 aliphatic rings. The summed E-state index contributed by atoms with van der Waals surface area (Å²) in [5.41, 5.74) is 2.54. The first-order valence-corrected chi connectivity index (χ1v) is 11.6. The Bertz CT molecular complexity index is 1280. The minimum Gasteiger partial charge on any atom is -0.487 e. The minimum atomic E-state index is -0.0211. The maximum Gasteiger partial charge on any atom is 0.270 e. The largest absolute Gasteiger partial charge is 0.487 e. The zero-order valence-electron chi connectivity index (χ0n) is 19.4. The molecule has 0 radical (unpaired) electrons. The summed E-state index contributed by atoms with van der Waals surface area (Å²) >= 11 is 0. The molecule has 0 unspecified atom stereocenters. The average Bonchev–Trinajstić information content (AvgIpc) is 3.51. The number of nitrogens with one attached hydrogen (secondary N) is 1. The Morgan fingerprint density at radius 1 is 1.09 bits per heavy atom. The second-order valence-corrected chi connectivity index (χ2v) is 8.79. The predicted octanol–water partition coefficient (Wildman–Crippen LogP) is 4.97. The summed E-state index contributed by atoms with van der Waals surface area (Å²) in [5.74, 6) is 1.73. The van der Waals surface area contributed by atoms with Gasteiger partial charge in [-0.1, -0.05) is 43.2 Å². The van der Waals surface area contributed by atoms with Crippen LogP contribution in [-0.4, -0.2) is 44.4 Å². The van der Waals surface area contributed by atoms with E-state index in [2.05, 4.69) is 19.9 Å². The van der Waals surface area contributed by atoms with Crippen LogP contribution in [-0.2, 0) is 6.61 Å². The van der Waals surface area contributed by atoms with Crippen LogP contribution in [0.3, 0.4) is 0 Å². The summed E-state index contributed by atoms with van der Waals surface area (Å²) in [6, 6.07) is 15.9. The van der Waals surface area contributed by atoms with Crippen molar-refractivity contribution in [1.82, 2.24) is 24.4 Å². The van der Waals surface area contributed by atoms with E-state index in [1.54, 1.807) is 31.4 Å². The number of benzene rings is 1. The van der Waals surface area contributed by atoms with E-state index in [4.69, 9.17) is 9.72 Å². The van der Waals surface area contributed by atoms with Crippen LogP contribution in [0.25, 0.3) is 11.0 Å². The molecular weight excluding hydrogens is 428 g/mol. The summed E-state index contributed by atoms with van der Waals surface area (Å²) in [6.07, 6.45) is 7.88. The van der Waals surface area contributed by atoms with Gasteiger partial charge in [0.2, 0.25) is 5.95 Å². The zero-order valence-corrected chi connectivity index (χ0v) is 19.4. The lowest BCUT2D eigenvalue weighted by molar-refractivity contribution is 0.0815. The molecule has 174 valence electrons. The summed E-state index contributed by atoms with van der Waals surface area (Å²) in [7, 11) is 3.55. The number of hydrogen-bond acceptors (Lipinski definition) is 6. The average molecular weight is 457 g/mol. The molecule has 1 amide bonds. The van der Waals surface area contributed by atoms with Crippen LogP contribution >= 0.6 is 0 Å². The number of amides is 1. The maximum absolute atomic E-state index is 12.9. The van der Waals surface area contributed by atoms with Crippen molar-refractivity contribution in [2.75, 3.05) is 19.4 Å². The van der Waals surface area contributed by atoms with Crippen LogP contribution in [0.1, 0.15) is 47.8 Å². The van der Waals surface area contributed by atoms with Crippen LogP contribution in [0.2, 0.25) is 0 Å². The number of carbonyl (C=O) groups excluding carboxylic acids is 1. The first kappa shape index (κ1) is 21.9. The lowest BCUT2D eigenvalue weighted by atomic mass is 10.2. The van der Waals surface area contributed by atoms with Gasteiger partial charge in [0.05, 0.1) is 6.20 Å². The Labute approximate surface area is 198 Å². The SMILES string of the molecule is CN(C)C(=O)c1cc2cnc(Nc3ccc(OCc4ccccc4)cn3)nc2n1C1CCCC1. The highest BCUT2D eigenvalue weighted by molar-refractivity contribution is 5.97. The van der Waals surface area contributed by atoms with Crippen LogP contribution in [0, 0.1) is 0 Å². The van der Waals surface area contributed by atoms with Gasteiger partial charge in [0.1, 0.15) is 29.5 Å². The number of nitrogens with zero attached hydrogens (tertiary/aromatic N) is 5. The third-order valence-corrected chi connectivity index (χ3v) is 6.12. The van der Waals surface area contributed by atoms with Crippen LogP contribution < -0.4 is 10.1 Å². The monoisotopic (exact) mass is 456 g/mol. The van der Waals surface area contributed by atoms with Crippen molar-refractivity contribution >= 4 is 28.7 Å². The predicted molar refractivity (Wildman–Crippen MR) is 131 cm³/mol. The van der Waals surface area contributed by atoms with Gasteiger partial charge in [0.15, 0.2) is 0 Å². The summed E-state index contributed by atoms with van der Waals surface area (Å²) in [6.45, 7) is 0.487. The third kappa shape index (κ3) is 4.57. The van der Waals surface area contributed by atoms with Gasteiger partial charge in [-0.25, -0.2) is 9.97 Å². The second kappa shape index (κ2) is 9.51. The van der Waals surface area contributed by atoms with E-state index in [0.29, 0.717) is 29.8 Å². The highest BCUT2D eigenvalue weighted by Crippen LogP contribution is 2.35. The molecule has 3 aromatic heterocycles. The van der Waals surface area contributed by atoms with Gasteiger partial charge in [0, 0.05) is 31.7 Å². The molecule has 4 aromatic rings. The molecule has 0 saturated heterocycles. The number of rotatable bonds is 7. The smallest absolute Gasteiger partial charge is 0.270 e. The van der Waals surface area contributed by atoms with Gasteiger partial charge in [-0.05, 0) is 36.6 Å². The molecule has 1 aliphatic carbocycles. The lowest BCUT2D eigenvalue weighted by Gasteiger charge is -2.19. The maximum atomic E-state index is 12.9. The van der Waals surface area contributed by atoms with E-state index in [9.17, 15) is 4.79 Å². The molecule has 1 saturated carbocycles. The molecule has 34 heavy (non-hydrogen) atoms. The number of aromatic nitrogens is 4. The van der Waals surface area contributed by atoms with Crippen LogP contribution in [0.15, 0.2) is 60.9 Å². The van der Waals surface area contributed by atoms with E-state index >= 15 is 0 Å². The van der Waals surface area contributed by atoms with Crippen molar-refractivity contribution in [3.63, 3.8) is 0 Å². The second-order valence-electron chi connectivity index (χ2n) is 8.79. The number of fused-ring (bicyclic) bond motifs is 1. The molecule has 0 aliphatic heterocycles. The van der Waals surface area contributed by atoms with Crippen molar-refractivity contribution in [2.45, 2.75) is 38.3 Å². The molecule has 8 nitrogen and oxygen atoms in total. The first-order chi connectivity index (χ1) is 16.6. The van der Waals surface area contributed by atoms with Gasteiger partial charge in [-0.2, -0.15) is 4.98 Å². The van der Waals surface area contributed by atoms with Crippen molar-refractivity contribution in [3.8, 4) is 5.75 Å². The van der Waals surface area contributed by atoms with Gasteiger partial charge >= 0.3 is 0 Å². The molecule has 0 atom stereocenters. The molecule has 1 aromatic carbocycles. The van der Waals surface area contributed by atoms with Crippen LogP contribution in [0.5, 0.6) is 5.75 Å². The molecule has 0 spiro atoms. The quantitative estimate of drug-likeness (QED) is 0.423. The normalized spacial score (nSPS) is 13.8. The minimum absolute atomic E-state index is 0.0211. The molecule has 5 rings (SSSR count). The van der Waals surface area contributed by atoms with E-state index in [0.717, 1.165) is 29.4 Å². The Kier molecular flexibility index (Phi) is 6.12. The summed E-state index contributed by atoms with van der Waals surface area (Å²) < 4.78 is 7.91. The van der Waals surface area contributed by atoms with Gasteiger partial charge < -0.3 is 19.5 Å². The van der Waals surface area contributed by atoms with E-state index in [1.807, 2.05) is 48.5 Å². The fourth-order valence-electron chi connectivity index (χ4n) is 4.39. The van der Waals surface area contributed by atoms with Crippen molar-refractivity contribution in [1.29, 1.82) is 0 Å². The zero-order chi connectivity index (χ0) is 23.5. The standard InChI is InChI=1S/C26H28N6O2/c1-31(2)25(33)22-14-19-15-28-26(30-24(19)32(22)20-10-6-7-11-20)29-23-13-12-21(16-27-23)34-17-18-8-4-3-5-9-18/h3-5,8-9,12-16,20H,6-7,10-11,17H2,1-2H3,(H,27,28,29,30). The number of carbonyl (C=O) groups is 1.